The molecule has 0 saturated carbocycles. The van der Waals surface area contributed by atoms with E-state index in [-0.39, 0.29) is 18.6 Å². The van der Waals surface area contributed by atoms with Crippen LogP contribution in [0.5, 0.6) is 11.5 Å². The van der Waals surface area contributed by atoms with Crippen LogP contribution < -0.4 is 20.1 Å². The van der Waals surface area contributed by atoms with E-state index < -0.39 is 0 Å². The lowest BCUT2D eigenvalue weighted by Gasteiger charge is -2.12. The molecule has 0 aliphatic carbocycles. The standard InChI is InChI=1S/C19H24N2O3/c1-15(20-2)12-21-19(22)14-24-18-10-8-17(9-11-18)23-13-16-6-4-3-5-7-16/h3-11,15,20H,12-14H2,1-2H3,(H,21,22). The van der Waals surface area contributed by atoms with Crippen molar-refractivity contribution in [2.45, 2.75) is 19.6 Å². The highest BCUT2D eigenvalue weighted by Crippen LogP contribution is 2.18. The van der Waals surface area contributed by atoms with Crippen LogP contribution in [0.15, 0.2) is 54.6 Å². The molecule has 0 bridgehead atoms. The molecule has 2 rings (SSSR count). The number of ether oxygens (including phenoxy) is 2. The molecule has 0 heterocycles. The summed E-state index contributed by atoms with van der Waals surface area (Å²) in [4.78, 5) is 11.7. The third-order valence-electron chi connectivity index (χ3n) is 3.54. The maximum Gasteiger partial charge on any atom is 0.257 e. The highest BCUT2D eigenvalue weighted by molar-refractivity contribution is 5.77. The summed E-state index contributed by atoms with van der Waals surface area (Å²) in [6, 6.07) is 17.5. The van der Waals surface area contributed by atoms with Crippen molar-refractivity contribution in [2.75, 3.05) is 20.2 Å². The van der Waals surface area contributed by atoms with Crippen molar-refractivity contribution in [1.82, 2.24) is 10.6 Å². The fourth-order valence-electron chi connectivity index (χ4n) is 1.94. The summed E-state index contributed by atoms with van der Waals surface area (Å²) in [5, 5.41) is 5.86. The molecule has 0 radical (unpaired) electrons. The Bertz CT molecular complexity index is 614. The van der Waals surface area contributed by atoms with Crippen molar-refractivity contribution in [1.29, 1.82) is 0 Å². The van der Waals surface area contributed by atoms with Crippen molar-refractivity contribution in [3.63, 3.8) is 0 Å². The second kappa shape index (κ2) is 9.57. The van der Waals surface area contributed by atoms with Gasteiger partial charge in [0.1, 0.15) is 18.1 Å². The van der Waals surface area contributed by atoms with Gasteiger partial charge in [-0.2, -0.15) is 0 Å². The molecule has 0 saturated heterocycles. The summed E-state index contributed by atoms with van der Waals surface area (Å²) < 4.78 is 11.2. The molecule has 5 nitrogen and oxygen atoms in total. The van der Waals surface area contributed by atoms with Gasteiger partial charge in [0, 0.05) is 12.6 Å². The summed E-state index contributed by atoms with van der Waals surface area (Å²) in [5.74, 6) is 1.26. The van der Waals surface area contributed by atoms with Crippen LogP contribution in [-0.4, -0.2) is 32.1 Å². The van der Waals surface area contributed by atoms with Crippen molar-refractivity contribution >= 4 is 5.91 Å². The smallest absolute Gasteiger partial charge is 0.257 e. The van der Waals surface area contributed by atoms with Gasteiger partial charge >= 0.3 is 0 Å². The highest BCUT2D eigenvalue weighted by Gasteiger charge is 2.05. The number of benzene rings is 2. The average Bonchev–Trinajstić information content (AvgIpc) is 2.64. The molecular formula is C19H24N2O3. The first-order valence-corrected chi connectivity index (χ1v) is 8.01. The predicted octanol–water partition coefficient (Wildman–Crippen LogP) is 2.37. The van der Waals surface area contributed by atoms with Crippen LogP contribution in [-0.2, 0) is 11.4 Å². The van der Waals surface area contributed by atoms with Crippen molar-refractivity contribution in [2.24, 2.45) is 0 Å². The number of amides is 1. The number of carbonyl (C=O) groups excluding carboxylic acids is 1. The van der Waals surface area contributed by atoms with E-state index >= 15 is 0 Å². The summed E-state index contributed by atoms with van der Waals surface area (Å²) in [6.45, 7) is 3.09. The monoisotopic (exact) mass is 328 g/mol. The normalized spacial score (nSPS) is 11.6. The Balaban J connectivity index is 1.72. The number of carbonyl (C=O) groups is 1. The number of hydrogen-bond donors (Lipinski definition) is 2. The van der Waals surface area contributed by atoms with Crippen LogP contribution in [0.3, 0.4) is 0 Å². The number of nitrogens with one attached hydrogen (secondary N) is 2. The molecule has 24 heavy (non-hydrogen) atoms. The Morgan fingerprint density at radius 1 is 1.00 bits per heavy atom. The summed E-state index contributed by atoms with van der Waals surface area (Å²) >= 11 is 0. The Morgan fingerprint density at radius 3 is 2.25 bits per heavy atom. The van der Waals surface area contributed by atoms with Gasteiger partial charge in [-0.25, -0.2) is 0 Å². The molecule has 2 aromatic rings. The fraction of sp³-hybridized carbons (Fsp3) is 0.316. The van der Waals surface area contributed by atoms with Gasteiger partial charge in [0.25, 0.3) is 5.91 Å². The second-order valence-electron chi connectivity index (χ2n) is 5.53. The largest absolute Gasteiger partial charge is 0.489 e. The van der Waals surface area contributed by atoms with Crippen LogP contribution >= 0.6 is 0 Å². The van der Waals surface area contributed by atoms with Crippen LogP contribution in [0.25, 0.3) is 0 Å². The molecule has 2 aromatic carbocycles. The average molecular weight is 328 g/mol. The van der Waals surface area contributed by atoms with Crippen LogP contribution in [0.1, 0.15) is 12.5 Å². The molecule has 5 heteroatoms. The topological polar surface area (TPSA) is 59.6 Å². The van der Waals surface area contributed by atoms with Crippen LogP contribution in [0.4, 0.5) is 0 Å². The summed E-state index contributed by atoms with van der Waals surface area (Å²) in [7, 11) is 1.86. The van der Waals surface area contributed by atoms with E-state index in [0.717, 1.165) is 11.3 Å². The second-order valence-corrected chi connectivity index (χ2v) is 5.53. The number of rotatable bonds is 9. The molecule has 1 atom stereocenters. The minimum absolute atomic E-state index is 0.000648. The van der Waals surface area contributed by atoms with E-state index in [0.29, 0.717) is 18.9 Å². The molecule has 0 aliphatic heterocycles. The van der Waals surface area contributed by atoms with Gasteiger partial charge in [-0.1, -0.05) is 30.3 Å². The number of likely N-dealkylation sites (N-methyl/N-ethyl adjacent to an activating group) is 1. The van der Waals surface area contributed by atoms with E-state index in [4.69, 9.17) is 9.47 Å². The maximum atomic E-state index is 11.7. The molecular weight excluding hydrogens is 304 g/mol. The third-order valence-corrected chi connectivity index (χ3v) is 3.54. The van der Waals surface area contributed by atoms with Gasteiger partial charge in [-0.05, 0) is 43.8 Å². The minimum atomic E-state index is -0.137. The van der Waals surface area contributed by atoms with Gasteiger partial charge < -0.3 is 20.1 Å². The highest BCUT2D eigenvalue weighted by atomic mass is 16.5. The molecule has 2 N–H and O–H groups in total. The summed E-state index contributed by atoms with van der Waals surface area (Å²) in [5.41, 5.74) is 1.12. The van der Waals surface area contributed by atoms with Crippen molar-refractivity contribution < 1.29 is 14.3 Å². The van der Waals surface area contributed by atoms with Gasteiger partial charge in [0.15, 0.2) is 6.61 Å². The van der Waals surface area contributed by atoms with Gasteiger partial charge in [-0.3, -0.25) is 4.79 Å². The minimum Gasteiger partial charge on any atom is -0.489 e. The molecule has 1 amide bonds. The quantitative estimate of drug-likeness (QED) is 0.742. The first-order valence-electron chi connectivity index (χ1n) is 8.01. The number of hydrogen-bond acceptors (Lipinski definition) is 4. The van der Waals surface area contributed by atoms with E-state index in [1.165, 1.54) is 0 Å². The van der Waals surface area contributed by atoms with E-state index in [2.05, 4.69) is 10.6 Å². The van der Waals surface area contributed by atoms with Crippen LogP contribution in [0.2, 0.25) is 0 Å². The maximum absolute atomic E-state index is 11.7. The lowest BCUT2D eigenvalue weighted by Crippen LogP contribution is -2.39. The third kappa shape index (κ3) is 6.30. The van der Waals surface area contributed by atoms with E-state index in [1.807, 2.05) is 56.4 Å². The lowest BCUT2D eigenvalue weighted by atomic mass is 10.2. The molecule has 0 aromatic heterocycles. The first-order chi connectivity index (χ1) is 11.7. The van der Waals surface area contributed by atoms with Gasteiger partial charge in [0.2, 0.25) is 0 Å². The molecule has 0 fully saturated rings. The van der Waals surface area contributed by atoms with Gasteiger partial charge in [-0.15, -0.1) is 0 Å². The molecule has 0 aliphatic rings. The molecule has 0 spiro atoms. The van der Waals surface area contributed by atoms with Crippen LogP contribution in [0, 0.1) is 0 Å². The zero-order valence-electron chi connectivity index (χ0n) is 14.1. The Hall–Kier alpha value is -2.53. The Morgan fingerprint density at radius 2 is 1.62 bits per heavy atom. The molecule has 128 valence electrons. The Kier molecular flexibility index (Phi) is 7.11. The SMILES string of the molecule is CNC(C)CNC(=O)COc1ccc(OCc2ccccc2)cc1. The first kappa shape index (κ1) is 17.8. The zero-order valence-corrected chi connectivity index (χ0v) is 14.1. The van der Waals surface area contributed by atoms with Crippen molar-refractivity contribution in [3.8, 4) is 11.5 Å². The van der Waals surface area contributed by atoms with E-state index in [1.54, 1.807) is 12.1 Å². The lowest BCUT2D eigenvalue weighted by molar-refractivity contribution is -0.123. The van der Waals surface area contributed by atoms with Gasteiger partial charge in [0.05, 0.1) is 0 Å². The Labute approximate surface area is 143 Å². The summed E-state index contributed by atoms with van der Waals surface area (Å²) in [6.07, 6.45) is 0. The van der Waals surface area contributed by atoms with E-state index in [9.17, 15) is 4.79 Å². The fourth-order valence-corrected chi connectivity index (χ4v) is 1.94. The van der Waals surface area contributed by atoms with Crippen molar-refractivity contribution in [3.05, 3.63) is 60.2 Å². The predicted molar refractivity (Wildman–Crippen MR) is 94.2 cm³/mol. The zero-order chi connectivity index (χ0) is 17.2. The molecule has 1 unspecified atom stereocenters.